The molecule has 0 aliphatic carbocycles. The van der Waals surface area contributed by atoms with Crippen molar-refractivity contribution in [2.45, 2.75) is 19.5 Å². The van der Waals surface area contributed by atoms with E-state index in [-0.39, 0.29) is 11.5 Å². The molecule has 0 bridgehead atoms. The highest BCUT2D eigenvalue weighted by Gasteiger charge is 2.13. The maximum absolute atomic E-state index is 12.2. The van der Waals surface area contributed by atoms with Gasteiger partial charge in [-0.2, -0.15) is 0 Å². The number of benzene rings is 2. The summed E-state index contributed by atoms with van der Waals surface area (Å²) in [5.74, 6) is 0.334. The summed E-state index contributed by atoms with van der Waals surface area (Å²) in [6, 6.07) is 12.7. The highest BCUT2D eigenvalue weighted by molar-refractivity contribution is 5.97. The third-order valence-electron chi connectivity index (χ3n) is 3.46. The number of nitrogens with one attached hydrogen (secondary N) is 1. The van der Waals surface area contributed by atoms with Crippen LogP contribution in [0.3, 0.4) is 0 Å². The summed E-state index contributed by atoms with van der Waals surface area (Å²) >= 11 is 0. The van der Waals surface area contributed by atoms with Crippen LogP contribution in [-0.4, -0.2) is 10.9 Å². The molecule has 19 heavy (non-hydrogen) atoms. The normalized spacial score (nSPS) is 13.3. The highest BCUT2D eigenvalue weighted by Crippen LogP contribution is 2.19. The Kier molecular flexibility index (Phi) is 3.05. The number of phenols is 1. The van der Waals surface area contributed by atoms with Gasteiger partial charge in [-0.15, -0.1) is 0 Å². The monoisotopic (exact) mass is 253 g/mol. The summed E-state index contributed by atoms with van der Waals surface area (Å²) < 4.78 is 0. The molecule has 0 aromatic heterocycles. The van der Waals surface area contributed by atoms with Crippen LogP contribution >= 0.6 is 0 Å². The van der Waals surface area contributed by atoms with E-state index in [4.69, 9.17) is 0 Å². The van der Waals surface area contributed by atoms with Crippen molar-refractivity contribution in [2.24, 2.45) is 0 Å². The van der Waals surface area contributed by atoms with E-state index in [2.05, 4.69) is 5.32 Å². The zero-order chi connectivity index (χ0) is 13.2. The van der Waals surface area contributed by atoms with E-state index in [1.807, 2.05) is 18.2 Å². The Morgan fingerprint density at radius 1 is 1.05 bits per heavy atom. The van der Waals surface area contributed by atoms with Crippen molar-refractivity contribution in [3.8, 4) is 5.75 Å². The predicted octanol–water partition coefficient (Wildman–Crippen LogP) is 2.42. The van der Waals surface area contributed by atoms with E-state index >= 15 is 0 Å². The highest BCUT2D eigenvalue weighted by atomic mass is 16.3. The van der Waals surface area contributed by atoms with Crippen molar-refractivity contribution >= 4 is 5.78 Å². The van der Waals surface area contributed by atoms with Gasteiger partial charge in [-0.1, -0.05) is 24.3 Å². The molecule has 3 nitrogen and oxygen atoms in total. The number of rotatable bonds is 3. The zero-order valence-corrected chi connectivity index (χ0v) is 10.5. The Labute approximate surface area is 111 Å². The minimum atomic E-state index is 0.111. The van der Waals surface area contributed by atoms with Gasteiger partial charge in [0.1, 0.15) is 5.75 Å². The molecule has 0 unspecified atom stereocenters. The lowest BCUT2D eigenvalue weighted by atomic mass is 9.99. The summed E-state index contributed by atoms with van der Waals surface area (Å²) in [5.41, 5.74) is 4.18. The van der Waals surface area contributed by atoms with Gasteiger partial charge in [0.25, 0.3) is 0 Å². The Bertz CT molecular complexity index is 617. The molecule has 3 rings (SSSR count). The molecule has 2 aromatic carbocycles. The molecule has 3 heteroatoms. The quantitative estimate of drug-likeness (QED) is 0.826. The number of phenolic OH excluding ortho intramolecular Hbond substituents is 1. The van der Waals surface area contributed by atoms with E-state index in [1.165, 1.54) is 11.1 Å². The molecule has 1 aliphatic heterocycles. The first-order valence-corrected chi connectivity index (χ1v) is 6.36. The van der Waals surface area contributed by atoms with Crippen LogP contribution < -0.4 is 5.32 Å². The third-order valence-corrected chi connectivity index (χ3v) is 3.46. The van der Waals surface area contributed by atoms with Crippen LogP contribution in [0.2, 0.25) is 0 Å². The second kappa shape index (κ2) is 4.86. The van der Waals surface area contributed by atoms with Crippen molar-refractivity contribution in [1.29, 1.82) is 0 Å². The maximum atomic E-state index is 12.2. The smallest absolute Gasteiger partial charge is 0.167 e. The Hall–Kier alpha value is -2.13. The van der Waals surface area contributed by atoms with Gasteiger partial charge < -0.3 is 10.4 Å². The van der Waals surface area contributed by atoms with E-state index < -0.39 is 0 Å². The number of ketones is 1. The summed E-state index contributed by atoms with van der Waals surface area (Å²) in [7, 11) is 0. The SMILES string of the molecule is O=C(Cc1ccc(O)cc1)c1ccc2c(c1)CNC2. The van der Waals surface area contributed by atoms with Crippen LogP contribution in [0.25, 0.3) is 0 Å². The molecule has 0 saturated carbocycles. The second-order valence-corrected chi connectivity index (χ2v) is 4.85. The molecule has 0 atom stereocenters. The van der Waals surface area contributed by atoms with Crippen LogP contribution in [0.1, 0.15) is 27.0 Å². The van der Waals surface area contributed by atoms with Crippen molar-refractivity contribution in [3.05, 3.63) is 64.7 Å². The number of carbonyl (C=O) groups is 1. The van der Waals surface area contributed by atoms with Crippen molar-refractivity contribution in [2.75, 3.05) is 0 Å². The van der Waals surface area contributed by atoms with E-state index in [9.17, 15) is 9.90 Å². The lowest BCUT2D eigenvalue weighted by Gasteiger charge is -2.04. The minimum absolute atomic E-state index is 0.111. The predicted molar refractivity (Wildman–Crippen MR) is 73.1 cm³/mol. The van der Waals surface area contributed by atoms with Gasteiger partial charge in [0.15, 0.2) is 5.78 Å². The largest absolute Gasteiger partial charge is 0.508 e. The number of hydrogen-bond acceptors (Lipinski definition) is 3. The van der Waals surface area contributed by atoms with Crippen LogP contribution in [0.4, 0.5) is 0 Å². The van der Waals surface area contributed by atoms with Crippen LogP contribution in [0.15, 0.2) is 42.5 Å². The van der Waals surface area contributed by atoms with Crippen LogP contribution in [0.5, 0.6) is 5.75 Å². The molecule has 0 saturated heterocycles. The molecule has 2 N–H and O–H groups in total. The van der Waals surface area contributed by atoms with Crippen LogP contribution in [0, 0.1) is 0 Å². The van der Waals surface area contributed by atoms with Gasteiger partial charge in [0, 0.05) is 25.1 Å². The summed E-state index contributed by atoms with van der Waals surface area (Å²) in [6.07, 6.45) is 0.368. The first kappa shape index (κ1) is 11.9. The van der Waals surface area contributed by atoms with E-state index in [1.54, 1.807) is 24.3 Å². The fraction of sp³-hybridized carbons (Fsp3) is 0.188. The van der Waals surface area contributed by atoms with Gasteiger partial charge in [-0.3, -0.25) is 4.79 Å². The Balaban J connectivity index is 1.78. The molecule has 1 heterocycles. The molecule has 96 valence electrons. The van der Waals surface area contributed by atoms with Gasteiger partial charge in [-0.25, -0.2) is 0 Å². The van der Waals surface area contributed by atoms with Crippen molar-refractivity contribution < 1.29 is 9.90 Å². The summed E-state index contributed by atoms with van der Waals surface area (Å²) in [6.45, 7) is 1.73. The maximum Gasteiger partial charge on any atom is 0.167 e. The van der Waals surface area contributed by atoms with Gasteiger partial charge in [0.2, 0.25) is 0 Å². The lowest BCUT2D eigenvalue weighted by Crippen LogP contribution is -2.04. The molecular formula is C16H15NO2. The van der Waals surface area contributed by atoms with E-state index in [0.29, 0.717) is 6.42 Å². The van der Waals surface area contributed by atoms with Crippen LogP contribution in [-0.2, 0) is 19.5 Å². The fourth-order valence-electron chi connectivity index (χ4n) is 2.37. The minimum Gasteiger partial charge on any atom is -0.508 e. The Morgan fingerprint density at radius 3 is 2.58 bits per heavy atom. The number of carbonyl (C=O) groups excluding carboxylic acids is 1. The topological polar surface area (TPSA) is 49.3 Å². The molecule has 1 aliphatic rings. The number of Topliss-reactive ketones (excluding diaryl/α,β-unsaturated/α-hetero) is 1. The first-order valence-electron chi connectivity index (χ1n) is 6.36. The molecule has 0 radical (unpaired) electrons. The Morgan fingerprint density at radius 2 is 1.79 bits per heavy atom. The van der Waals surface area contributed by atoms with Crippen molar-refractivity contribution in [3.63, 3.8) is 0 Å². The molecule has 0 spiro atoms. The molecule has 0 amide bonds. The number of aromatic hydroxyl groups is 1. The third kappa shape index (κ3) is 2.51. The first-order chi connectivity index (χ1) is 9.22. The van der Waals surface area contributed by atoms with Gasteiger partial charge in [-0.05, 0) is 34.9 Å². The van der Waals surface area contributed by atoms with Gasteiger partial charge in [0.05, 0.1) is 0 Å². The second-order valence-electron chi connectivity index (χ2n) is 4.85. The molecular weight excluding hydrogens is 238 g/mol. The number of hydrogen-bond donors (Lipinski definition) is 2. The van der Waals surface area contributed by atoms with Crippen molar-refractivity contribution in [1.82, 2.24) is 5.32 Å². The lowest BCUT2D eigenvalue weighted by molar-refractivity contribution is 0.0993. The number of fused-ring (bicyclic) bond motifs is 1. The summed E-state index contributed by atoms with van der Waals surface area (Å²) in [4.78, 5) is 12.2. The fourth-order valence-corrected chi connectivity index (χ4v) is 2.37. The zero-order valence-electron chi connectivity index (χ0n) is 10.5. The average Bonchev–Trinajstić information content (AvgIpc) is 2.88. The van der Waals surface area contributed by atoms with Gasteiger partial charge >= 0.3 is 0 Å². The average molecular weight is 253 g/mol. The molecule has 2 aromatic rings. The molecule has 0 fully saturated rings. The van der Waals surface area contributed by atoms with E-state index in [0.717, 1.165) is 24.2 Å². The summed E-state index contributed by atoms with van der Waals surface area (Å²) in [5, 5.41) is 12.5. The standard InChI is InChI=1S/C16H15NO2/c18-15-5-1-11(2-6-15)7-16(19)12-3-4-13-9-17-10-14(13)8-12/h1-6,8,17-18H,7,9-10H2.